The number of hydrogen-bond donors (Lipinski definition) is 3. The van der Waals surface area contributed by atoms with Crippen LogP contribution in [0.3, 0.4) is 0 Å². The van der Waals surface area contributed by atoms with Gasteiger partial charge < -0.3 is 23.9 Å². The van der Waals surface area contributed by atoms with Crippen LogP contribution in [0.4, 0.5) is 0 Å². The van der Waals surface area contributed by atoms with Gasteiger partial charge in [0.1, 0.15) is 11.5 Å². The van der Waals surface area contributed by atoms with Gasteiger partial charge in [-0.25, -0.2) is 0 Å². The van der Waals surface area contributed by atoms with Gasteiger partial charge in [0.15, 0.2) is 23.2 Å². The highest BCUT2D eigenvalue weighted by Gasteiger charge is 2.14. The van der Waals surface area contributed by atoms with E-state index in [-0.39, 0.29) is 24.4 Å². The Morgan fingerprint density at radius 1 is 1.21 bits per heavy atom. The fraction of sp³-hybridized carbons (Fsp3) is 0.200. The van der Waals surface area contributed by atoms with Gasteiger partial charge in [-0.05, 0) is 36.5 Å². The van der Waals surface area contributed by atoms with E-state index in [0.717, 1.165) is 5.76 Å². The molecule has 0 aliphatic carbocycles. The number of amides is 1. The average molecular weight is 349 g/mol. The van der Waals surface area contributed by atoms with Crippen molar-refractivity contribution in [2.24, 2.45) is 0 Å². The molecule has 1 amide bonds. The predicted molar refractivity (Wildman–Crippen MR) is 87.5 cm³/mol. The number of benzene rings is 1. The molecule has 0 saturated carbocycles. The van der Waals surface area contributed by atoms with Crippen molar-refractivity contribution >= 4 is 23.2 Å². The van der Waals surface area contributed by atoms with Crippen molar-refractivity contribution in [1.29, 1.82) is 0 Å². The Kier molecular flexibility index (Phi) is 5.02. The Labute approximate surface area is 143 Å². The smallest absolute Gasteiger partial charge is 0.276 e. The molecule has 2 heterocycles. The molecule has 0 spiro atoms. The number of hydrazine groups is 1. The third-order valence-electron chi connectivity index (χ3n) is 3.03. The fourth-order valence-corrected chi connectivity index (χ4v) is 2.03. The highest BCUT2D eigenvalue weighted by Crippen LogP contribution is 2.34. The molecule has 0 unspecified atom stereocenters. The number of hydrogen-bond acceptors (Lipinski definition) is 6. The van der Waals surface area contributed by atoms with E-state index in [2.05, 4.69) is 16.2 Å². The Hall–Kier alpha value is -2.94. The normalized spacial score (nSPS) is 11.7. The molecule has 24 heavy (non-hydrogen) atoms. The van der Waals surface area contributed by atoms with E-state index in [1.54, 1.807) is 30.5 Å². The number of ether oxygens (including phenoxy) is 3. The fourth-order valence-electron chi connectivity index (χ4n) is 1.90. The first-order valence-corrected chi connectivity index (χ1v) is 7.49. The van der Waals surface area contributed by atoms with E-state index in [9.17, 15) is 4.79 Å². The van der Waals surface area contributed by atoms with E-state index < -0.39 is 0 Å². The lowest BCUT2D eigenvalue weighted by molar-refractivity contribution is -0.123. The van der Waals surface area contributed by atoms with E-state index >= 15 is 0 Å². The number of nitrogens with one attached hydrogen (secondary N) is 3. The lowest BCUT2D eigenvalue weighted by Gasteiger charge is -2.11. The summed E-state index contributed by atoms with van der Waals surface area (Å²) in [5.41, 5.74) is 5.01. The second-order valence-electron chi connectivity index (χ2n) is 4.74. The summed E-state index contributed by atoms with van der Waals surface area (Å²) in [6.45, 7) is 0.432. The summed E-state index contributed by atoms with van der Waals surface area (Å²) in [4.78, 5) is 11.7. The molecular formula is C15H15N3O5S. The van der Waals surface area contributed by atoms with Crippen molar-refractivity contribution in [3.63, 3.8) is 0 Å². The molecule has 1 aliphatic rings. The van der Waals surface area contributed by atoms with Crippen LogP contribution >= 0.6 is 12.2 Å². The number of fused-ring (bicyclic) bond motifs is 1. The Bertz CT molecular complexity index is 720. The molecule has 3 rings (SSSR count). The molecule has 0 bridgehead atoms. The van der Waals surface area contributed by atoms with Crippen molar-refractivity contribution in [1.82, 2.24) is 16.2 Å². The van der Waals surface area contributed by atoms with Gasteiger partial charge in [-0.2, -0.15) is 0 Å². The zero-order chi connectivity index (χ0) is 16.8. The van der Waals surface area contributed by atoms with Crippen LogP contribution in [0, 0.1) is 0 Å². The Balaban J connectivity index is 1.35. The quantitative estimate of drug-likeness (QED) is 0.545. The number of thiocarbonyl (C=S) groups is 1. The van der Waals surface area contributed by atoms with Gasteiger partial charge in [-0.3, -0.25) is 15.6 Å². The minimum atomic E-state index is -0.380. The molecule has 1 aromatic heterocycles. The van der Waals surface area contributed by atoms with Crippen molar-refractivity contribution in [3.8, 4) is 17.2 Å². The Morgan fingerprint density at radius 2 is 2.08 bits per heavy atom. The summed E-state index contributed by atoms with van der Waals surface area (Å²) < 4.78 is 21.0. The number of carbonyl (C=O) groups excluding carboxylic acids is 1. The highest BCUT2D eigenvalue weighted by molar-refractivity contribution is 7.80. The number of furan rings is 1. The zero-order valence-corrected chi connectivity index (χ0v) is 13.4. The minimum absolute atomic E-state index is 0.173. The summed E-state index contributed by atoms with van der Waals surface area (Å²) in [7, 11) is 0. The van der Waals surface area contributed by atoms with Crippen LogP contribution in [0.25, 0.3) is 0 Å². The summed E-state index contributed by atoms with van der Waals surface area (Å²) in [5, 5.41) is 3.15. The molecule has 126 valence electrons. The highest BCUT2D eigenvalue weighted by atomic mass is 32.1. The molecule has 1 aliphatic heterocycles. The molecule has 0 atom stereocenters. The predicted octanol–water partition coefficient (Wildman–Crippen LogP) is 1.08. The first-order valence-electron chi connectivity index (χ1n) is 7.08. The van der Waals surface area contributed by atoms with Crippen LogP contribution in [0.2, 0.25) is 0 Å². The summed E-state index contributed by atoms with van der Waals surface area (Å²) in [6, 6.07) is 8.68. The molecule has 9 heteroatoms. The topological polar surface area (TPSA) is 94.0 Å². The van der Waals surface area contributed by atoms with E-state index in [1.807, 2.05) is 6.07 Å². The first-order chi connectivity index (χ1) is 11.7. The maximum absolute atomic E-state index is 11.7. The molecule has 0 saturated heterocycles. The van der Waals surface area contributed by atoms with Crippen molar-refractivity contribution < 1.29 is 23.4 Å². The van der Waals surface area contributed by atoms with Crippen LogP contribution in [0.1, 0.15) is 5.76 Å². The third kappa shape index (κ3) is 4.29. The molecule has 0 fully saturated rings. The van der Waals surface area contributed by atoms with Gasteiger partial charge in [0.05, 0.1) is 12.8 Å². The van der Waals surface area contributed by atoms with Gasteiger partial charge in [-0.15, -0.1) is 0 Å². The van der Waals surface area contributed by atoms with Crippen molar-refractivity contribution in [3.05, 3.63) is 42.4 Å². The van der Waals surface area contributed by atoms with Gasteiger partial charge in [0.25, 0.3) is 5.91 Å². The van der Waals surface area contributed by atoms with Crippen LogP contribution in [0.15, 0.2) is 41.0 Å². The molecular weight excluding hydrogens is 334 g/mol. The standard InChI is InChI=1S/C15H15N3O5S/c19-14(17-18-15(24)16-7-11-2-1-5-20-11)8-21-10-3-4-12-13(6-10)23-9-22-12/h1-6H,7-9H2,(H,17,19)(H2,16,18,24). The Morgan fingerprint density at radius 3 is 2.92 bits per heavy atom. The zero-order valence-electron chi connectivity index (χ0n) is 12.5. The lowest BCUT2D eigenvalue weighted by atomic mass is 10.3. The van der Waals surface area contributed by atoms with Gasteiger partial charge in [0, 0.05) is 6.07 Å². The van der Waals surface area contributed by atoms with Crippen LogP contribution in [-0.2, 0) is 11.3 Å². The molecule has 0 radical (unpaired) electrons. The van der Waals surface area contributed by atoms with E-state index in [0.29, 0.717) is 23.8 Å². The van der Waals surface area contributed by atoms with Crippen LogP contribution in [-0.4, -0.2) is 24.4 Å². The summed E-state index contributed by atoms with van der Waals surface area (Å²) in [5.74, 6) is 2.11. The van der Waals surface area contributed by atoms with Crippen LogP contribution in [0.5, 0.6) is 17.2 Å². The van der Waals surface area contributed by atoms with Gasteiger partial charge in [-0.1, -0.05) is 0 Å². The first kappa shape index (κ1) is 15.9. The number of rotatable bonds is 5. The maximum atomic E-state index is 11.7. The van der Waals surface area contributed by atoms with Crippen molar-refractivity contribution in [2.75, 3.05) is 13.4 Å². The molecule has 2 aromatic rings. The van der Waals surface area contributed by atoms with E-state index in [4.69, 9.17) is 30.8 Å². The van der Waals surface area contributed by atoms with Gasteiger partial charge >= 0.3 is 0 Å². The third-order valence-corrected chi connectivity index (χ3v) is 3.28. The maximum Gasteiger partial charge on any atom is 0.276 e. The van der Waals surface area contributed by atoms with Crippen molar-refractivity contribution in [2.45, 2.75) is 6.54 Å². The number of carbonyl (C=O) groups is 1. The lowest BCUT2D eigenvalue weighted by Crippen LogP contribution is -2.48. The SMILES string of the molecule is O=C(COc1ccc2c(c1)OCO2)NNC(=S)NCc1ccco1. The minimum Gasteiger partial charge on any atom is -0.484 e. The molecule has 8 nitrogen and oxygen atoms in total. The second kappa shape index (κ2) is 7.55. The average Bonchev–Trinajstić information content (AvgIpc) is 3.26. The summed E-state index contributed by atoms with van der Waals surface area (Å²) >= 11 is 5.03. The second-order valence-corrected chi connectivity index (χ2v) is 5.15. The molecule has 1 aromatic carbocycles. The van der Waals surface area contributed by atoms with E-state index in [1.165, 1.54) is 0 Å². The summed E-state index contributed by atoms with van der Waals surface area (Å²) in [6.07, 6.45) is 1.57. The molecule has 3 N–H and O–H groups in total. The van der Waals surface area contributed by atoms with Gasteiger partial charge in [0.2, 0.25) is 6.79 Å². The largest absolute Gasteiger partial charge is 0.484 e. The van der Waals surface area contributed by atoms with Crippen LogP contribution < -0.4 is 30.4 Å². The monoisotopic (exact) mass is 349 g/mol.